The van der Waals surface area contributed by atoms with Gasteiger partial charge in [0.05, 0.1) is 17.2 Å². The number of aliphatic carboxylic acids is 1. The zero-order valence-electron chi connectivity index (χ0n) is 17.2. The number of carbonyl (C=O) groups is 3. The van der Waals surface area contributed by atoms with Crippen LogP contribution in [0.15, 0.2) is 18.2 Å². The van der Waals surface area contributed by atoms with Crippen LogP contribution in [0.25, 0.3) is 0 Å². The highest BCUT2D eigenvalue weighted by Crippen LogP contribution is 2.38. The number of nitrogens with one attached hydrogen (secondary N) is 1. The fraction of sp³-hybridized carbons (Fsp3) is 0.526. The van der Waals surface area contributed by atoms with Crippen molar-refractivity contribution in [3.63, 3.8) is 0 Å². The van der Waals surface area contributed by atoms with Crippen LogP contribution >= 0.6 is 0 Å². The zero-order chi connectivity index (χ0) is 24.9. The van der Waals surface area contributed by atoms with E-state index in [2.05, 4.69) is 5.32 Å². The molecule has 0 spiro atoms. The summed E-state index contributed by atoms with van der Waals surface area (Å²) in [5, 5.41) is 10.9. The summed E-state index contributed by atoms with van der Waals surface area (Å²) in [6, 6.07) is -0.991. The summed E-state index contributed by atoms with van der Waals surface area (Å²) >= 11 is 0. The Kier molecular flexibility index (Phi) is 8.52. The molecule has 1 atom stereocenters. The maximum absolute atomic E-state index is 12.9. The van der Waals surface area contributed by atoms with Crippen LogP contribution in [0, 0.1) is 0 Å². The minimum absolute atomic E-state index is 0.103. The smallest absolute Gasteiger partial charge is 0.416 e. The van der Waals surface area contributed by atoms with Gasteiger partial charge in [0, 0.05) is 6.42 Å². The maximum atomic E-state index is 12.9. The average Bonchev–Trinajstić information content (AvgIpc) is 2.59. The number of carboxylic acid groups (broad SMARTS) is 1. The van der Waals surface area contributed by atoms with Crippen molar-refractivity contribution < 1.29 is 55.3 Å². The lowest BCUT2D eigenvalue weighted by Gasteiger charge is -2.23. The number of hydrogen-bond acceptors (Lipinski definition) is 5. The lowest BCUT2D eigenvalue weighted by atomic mass is 10.1. The summed E-state index contributed by atoms with van der Waals surface area (Å²) in [6.07, 6.45) is -12.3. The molecular weight excluding hydrogens is 452 g/mol. The van der Waals surface area contributed by atoms with Gasteiger partial charge in [-0.25, -0.2) is 4.79 Å². The predicted octanol–water partition coefficient (Wildman–Crippen LogP) is 4.43. The molecule has 0 radical (unpaired) electrons. The first-order valence-electron chi connectivity index (χ1n) is 9.05. The van der Waals surface area contributed by atoms with Gasteiger partial charge in [0.15, 0.2) is 5.78 Å². The summed E-state index contributed by atoms with van der Waals surface area (Å²) in [7, 11) is 0. The number of ketones is 1. The normalized spacial score (nSPS) is 13.3. The Labute approximate surface area is 178 Å². The van der Waals surface area contributed by atoms with Crippen molar-refractivity contribution in [3.05, 3.63) is 29.3 Å². The summed E-state index contributed by atoms with van der Waals surface area (Å²) < 4.78 is 87.2. The second-order valence-electron chi connectivity index (χ2n) is 7.63. The molecule has 0 fully saturated rings. The molecule has 32 heavy (non-hydrogen) atoms. The third-order valence-corrected chi connectivity index (χ3v) is 3.67. The molecule has 1 amide bonds. The molecule has 1 rings (SSSR count). The van der Waals surface area contributed by atoms with Crippen LogP contribution in [-0.2, 0) is 26.7 Å². The molecule has 0 saturated carbocycles. The second-order valence-corrected chi connectivity index (χ2v) is 7.63. The van der Waals surface area contributed by atoms with Crippen molar-refractivity contribution in [2.45, 2.75) is 57.6 Å². The number of carbonyl (C=O) groups excluding carboxylic acids is 2. The van der Waals surface area contributed by atoms with E-state index in [1.54, 1.807) is 0 Å². The molecule has 0 unspecified atom stereocenters. The zero-order valence-corrected chi connectivity index (χ0v) is 17.2. The quantitative estimate of drug-likeness (QED) is 0.542. The fourth-order valence-corrected chi connectivity index (χ4v) is 2.30. The molecule has 0 aromatic heterocycles. The lowest BCUT2D eigenvalue weighted by molar-refractivity contribution is -0.143. The van der Waals surface area contributed by atoms with Gasteiger partial charge in [-0.15, -0.1) is 0 Å². The van der Waals surface area contributed by atoms with Crippen molar-refractivity contribution in [2.24, 2.45) is 0 Å². The van der Waals surface area contributed by atoms with Crippen LogP contribution < -0.4 is 10.1 Å². The molecule has 0 saturated heterocycles. The SMILES string of the molecule is CC(C)(C)OC(=O)N[C@@H](CCC(=O)O)C(=O)COc1cc(C(F)(F)F)cc(C(F)(F)F)c1. The minimum Gasteiger partial charge on any atom is -0.486 e. The number of rotatable bonds is 8. The third kappa shape index (κ3) is 9.43. The van der Waals surface area contributed by atoms with Crippen LogP contribution in [0.2, 0.25) is 0 Å². The molecule has 0 heterocycles. The summed E-state index contributed by atoms with van der Waals surface area (Å²) in [5.41, 5.74) is -4.22. The van der Waals surface area contributed by atoms with E-state index < -0.39 is 78.2 Å². The number of ether oxygens (including phenoxy) is 2. The molecule has 13 heteroatoms. The van der Waals surface area contributed by atoms with Crippen LogP contribution in [0.4, 0.5) is 31.1 Å². The standard InChI is InChI=1S/C19H21F6NO6/c1-17(2,3)32-16(30)26-13(4-5-15(28)29)14(27)9-31-12-7-10(18(20,21)22)6-11(8-12)19(23,24)25/h6-8,13H,4-5,9H2,1-3H3,(H,26,30)(H,28,29)/t13-/m0/s1. The Morgan fingerprint density at radius 2 is 1.47 bits per heavy atom. The highest BCUT2D eigenvalue weighted by atomic mass is 19.4. The number of halogens is 6. The number of alkyl carbamates (subject to hydrolysis) is 1. The fourth-order valence-electron chi connectivity index (χ4n) is 2.30. The number of Topliss-reactive ketones (excluding diaryl/α,β-unsaturated/α-hetero) is 1. The molecule has 0 aliphatic heterocycles. The maximum Gasteiger partial charge on any atom is 0.416 e. The Morgan fingerprint density at radius 1 is 0.969 bits per heavy atom. The van der Waals surface area contributed by atoms with E-state index in [0.29, 0.717) is 0 Å². The van der Waals surface area contributed by atoms with Gasteiger partial charge in [0.2, 0.25) is 0 Å². The largest absolute Gasteiger partial charge is 0.486 e. The molecule has 0 aliphatic rings. The number of carboxylic acids is 1. The van der Waals surface area contributed by atoms with Gasteiger partial charge in [-0.2, -0.15) is 26.3 Å². The first kappa shape index (κ1) is 27.0. The third-order valence-electron chi connectivity index (χ3n) is 3.67. The van der Waals surface area contributed by atoms with E-state index in [4.69, 9.17) is 14.6 Å². The van der Waals surface area contributed by atoms with E-state index in [1.165, 1.54) is 20.8 Å². The van der Waals surface area contributed by atoms with Crippen molar-refractivity contribution in [2.75, 3.05) is 6.61 Å². The minimum atomic E-state index is -5.11. The molecule has 7 nitrogen and oxygen atoms in total. The van der Waals surface area contributed by atoms with Gasteiger partial charge in [-0.3, -0.25) is 9.59 Å². The van der Waals surface area contributed by atoms with E-state index in [9.17, 15) is 40.7 Å². The average molecular weight is 473 g/mol. The van der Waals surface area contributed by atoms with Crippen LogP contribution in [0.1, 0.15) is 44.7 Å². The predicted molar refractivity (Wildman–Crippen MR) is 97.0 cm³/mol. The van der Waals surface area contributed by atoms with Gasteiger partial charge < -0.3 is 19.9 Å². The van der Waals surface area contributed by atoms with Gasteiger partial charge in [-0.05, 0) is 45.4 Å². The number of amides is 1. The molecule has 1 aromatic carbocycles. The van der Waals surface area contributed by atoms with E-state index >= 15 is 0 Å². The number of hydrogen-bond donors (Lipinski definition) is 2. The van der Waals surface area contributed by atoms with E-state index in [0.717, 1.165) is 0 Å². The lowest BCUT2D eigenvalue weighted by Crippen LogP contribution is -2.45. The van der Waals surface area contributed by atoms with Crippen molar-refractivity contribution in [1.82, 2.24) is 5.32 Å². The Hall–Kier alpha value is -2.99. The highest BCUT2D eigenvalue weighted by Gasteiger charge is 2.37. The van der Waals surface area contributed by atoms with Gasteiger partial charge in [0.25, 0.3) is 0 Å². The van der Waals surface area contributed by atoms with Crippen LogP contribution in [0.5, 0.6) is 5.75 Å². The molecule has 1 aromatic rings. The van der Waals surface area contributed by atoms with E-state index in [1.807, 2.05) is 0 Å². The topological polar surface area (TPSA) is 102 Å². The molecule has 0 bridgehead atoms. The van der Waals surface area contributed by atoms with Crippen LogP contribution in [-0.4, -0.2) is 41.2 Å². The monoisotopic (exact) mass is 473 g/mol. The first-order chi connectivity index (χ1) is 14.4. The number of alkyl halides is 6. The first-order valence-corrected chi connectivity index (χ1v) is 9.05. The highest BCUT2D eigenvalue weighted by molar-refractivity contribution is 5.89. The van der Waals surface area contributed by atoms with Gasteiger partial charge in [0.1, 0.15) is 18.0 Å². The molecule has 2 N–H and O–H groups in total. The molecule has 180 valence electrons. The molecular formula is C19H21F6NO6. The van der Waals surface area contributed by atoms with Crippen molar-refractivity contribution in [1.29, 1.82) is 0 Å². The Morgan fingerprint density at radius 3 is 1.88 bits per heavy atom. The summed E-state index contributed by atoms with van der Waals surface area (Å²) in [5.74, 6) is -3.17. The van der Waals surface area contributed by atoms with Gasteiger partial charge >= 0.3 is 24.4 Å². The van der Waals surface area contributed by atoms with Gasteiger partial charge in [-0.1, -0.05) is 0 Å². The van der Waals surface area contributed by atoms with E-state index in [-0.39, 0.29) is 18.2 Å². The molecule has 0 aliphatic carbocycles. The Balaban J connectivity index is 3.03. The Bertz CT molecular complexity index is 812. The van der Waals surface area contributed by atoms with Crippen LogP contribution in [0.3, 0.4) is 0 Å². The van der Waals surface area contributed by atoms with Crippen molar-refractivity contribution in [3.8, 4) is 5.75 Å². The summed E-state index contributed by atoms with van der Waals surface area (Å²) in [4.78, 5) is 35.0. The summed E-state index contributed by atoms with van der Waals surface area (Å²) in [6.45, 7) is 3.54. The second kappa shape index (κ2) is 10.1. The van der Waals surface area contributed by atoms with Crippen molar-refractivity contribution >= 4 is 17.8 Å². The number of benzene rings is 1.